The van der Waals surface area contributed by atoms with Gasteiger partial charge in [-0.15, -0.1) is 0 Å². The lowest BCUT2D eigenvalue weighted by molar-refractivity contribution is 0.00578. The van der Waals surface area contributed by atoms with Crippen LogP contribution in [0.1, 0.15) is 27.7 Å². The molecular weight excluding hydrogens is 245 g/mol. The topological polar surface area (TPSA) is 68.6 Å². The van der Waals surface area contributed by atoms with Gasteiger partial charge in [-0.1, -0.05) is 0 Å². The van der Waals surface area contributed by atoms with E-state index in [0.717, 1.165) is 0 Å². The van der Waals surface area contributed by atoms with Crippen molar-refractivity contribution in [3.05, 3.63) is 28.8 Å². The van der Waals surface area contributed by atoms with Gasteiger partial charge < -0.3 is 14.3 Å². The Labute approximate surface area is 110 Å². The normalized spacial score (nSPS) is 21.2. The van der Waals surface area contributed by atoms with Crippen LogP contribution in [0, 0.1) is 0 Å². The van der Waals surface area contributed by atoms with Crippen LogP contribution in [0.15, 0.2) is 23.3 Å². The highest BCUT2D eigenvalue weighted by atomic mass is 16.7. The number of hydrogen-bond donors (Lipinski definition) is 1. The van der Waals surface area contributed by atoms with Crippen LogP contribution in [0.4, 0.5) is 0 Å². The fraction of sp³-hybridized carbons (Fsp3) is 0.500. The van der Waals surface area contributed by atoms with Crippen molar-refractivity contribution in [2.24, 2.45) is 0 Å². The number of nitrogens with zero attached hydrogens (tertiary/aromatic N) is 2. The molecule has 1 aliphatic rings. The van der Waals surface area contributed by atoms with Crippen LogP contribution >= 0.6 is 0 Å². The second-order valence-electron chi connectivity index (χ2n) is 5.79. The zero-order valence-electron chi connectivity index (χ0n) is 11.4. The van der Waals surface area contributed by atoms with Crippen molar-refractivity contribution < 1.29 is 9.31 Å². The van der Waals surface area contributed by atoms with Gasteiger partial charge in [0.25, 0.3) is 5.56 Å². The zero-order chi connectivity index (χ0) is 13.8. The molecule has 1 N–H and O–H groups in total. The number of rotatable bonds is 1. The van der Waals surface area contributed by atoms with Gasteiger partial charge in [-0.2, -0.15) is 5.10 Å². The molecule has 2 aromatic rings. The third-order valence-electron chi connectivity index (χ3n) is 3.93. The second kappa shape index (κ2) is 3.71. The van der Waals surface area contributed by atoms with Crippen LogP contribution in [-0.2, 0) is 9.31 Å². The van der Waals surface area contributed by atoms with E-state index in [1.54, 1.807) is 18.5 Å². The number of nitrogens with one attached hydrogen (secondary N) is 1. The summed E-state index contributed by atoms with van der Waals surface area (Å²) in [5, 5.41) is 4.07. The highest BCUT2D eigenvalue weighted by molar-refractivity contribution is 6.61. The summed E-state index contributed by atoms with van der Waals surface area (Å²) in [5.41, 5.74) is -0.00817. The lowest BCUT2D eigenvalue weighted by atomic mass is 9.85. The largest absolute Gasteiger partial charge is 0.513 e. The summed E-state index contributed by atoms with van der Waals surface area (Å²) in [5.74, 6) is 0. The Kier molecular flexibility index (Phi) is 2.43. The average Bonchev–Trinajstić information content (AvgIpc) is 2.82. The van der Waals surface area contributed by atoms with Gasteiger partial charge in [0.1, 0.15) is 5.52 Å². The molecule has 100 valence electrons. The van der Waals surface area contributed by atoms with Gasteiger partial charge in [-0.3, -0.25) is 4.79 Å². The van der Waals surface area contributed by atoms with Crippen molar-refractivity contribution >= 4 is 18.2 Å². The molecule has 0 aliphatic carbocycles. The molecule has 0 unspecified atom stereocenters. The molecule has 1 saturated heterocycles. The minimum absolute atomic E-state index is 0.204. The third kappa shape index (κ3) is 1.81. The van der Waals surface area contributed by atoms with Crippen molar-refractivity contribution in [1.29, 1.82) is 0 Å². The Morgan fingerprint density at radius 1 is 1.26 bits per heavy atom. The summed E-state index contributed by atoms with van der Waals surface area (Å²) in [6.07, 6.45) is 3.30. The first kappa shape index (κ1) is 12.4. The molecule has 3 rings (SSSR count). The quantitative estimate of drug-likeness (QED) is 0.751. The molecule has 3 heterocycles. The monoisotopic (exact) mass is 261 g/mol. The summed E-state index contributed by atoms with van der Waals surface area (Å²) in [7, 11) is -0.591. The van der Waals surface area contributed by atoms with Crippen molar-refractivity contribution in [1.82, 2.24) is 14.6 Å². The average molecular weight is 261 g/mol. The summed E-state index contributed by atoms with van der Waals surface area (Å²) >= 11 is 0. The van der Waals surface area contributed by atoms with Crippen LogP contribution in [0.5, 0.6) is 0 Å². The third-order valence-corrected chi connectivity index (χ3v) is 3.93. The van der Waals surface area contributed by atoms with Gasteiger partial charge >= 0.3 is 7.12 Å². The number of hydrogen-bond acceptors (Lipinski definition) is 4. The number of H-pyrrole nitrogens is 1. The van der Waals surface area contributed by atoms with E-state index in [4.69, 9.17) is 9.31 Å². The second-order valence-corrected chi connectivity index (χ2v) is 5.79. The van der Waals surface area contributed by atoms with Gasteiger partial charge in [0.15, 0.2) is 0 Å². The van der Waals surface area contributed by atoms with E-state index in [0.29, 0.717) is 11.1 Å². The first-order valence-electron chi connectivity index (χ1n) is 6.22. The Morgan fingerprint density at radius 2 is 1.89 bits per heavy atom. The van der Waals surface area contributed by atoms with E-state index in [2.05, 4.69) is 10.1 Å². The van der Waals surface area contributed by atoms with Crippen LogP contribution in [0.25, 0.3) is 5.52 Å². The summed E-state index contributed by atoms with van der Waals surface area (Å²) < 4.78 is 13.3. The van der Waals surface area contributed by atoms with Crippen LogP contribution < -0.4 is 11.2 Å². The first-order valence-corrected chi connectivity index (χ1v) is 6.22. The molecule has 0 spiro atoms. The molecule has 1 aliphatic heterocycles. The van der Waals surface area contributed by atoms with E-state index in [1.807, 2.05) is 27.7 Å². The van der Waals surface area contributed by atoms with Gasteiger partial charge in [0.2, 0.25) is 0 Å². The van der Waals surface area contributed by atoms with Gasteiger partial charge in [-0.25, -0.2) is 4.52 Å². The van der Waals surface area contributed by atoms with Crippen molar-refractivity contribution in [3.63, 3.8) is 0 Å². The molecule has 0 atom stereocenters. The molecule has 7 heteroatoms. The van der Waals surface area contributed by atoms with Crippen LogP contribution in [0.2, 0.25) is 0 Å². The zero-order valence-corrected chi connectivity index (χ0v) is 11.4. The Morgan fingerprint density at radius 3 is 2.53 bits per heavy atom. The first-order chi connectivity index (χ1) is 8.80. The van der Waals surface area contributed by atoms with Gasteiger partial charge in [-0.05, 0) is 33.8 Å². The van der Waals surface area contributed by atoms with E-state index in [9.17, 15) is 4.79 Å². The molecule has 0 saturated carbocycles. The lowest BCUT2D eigenvalue weighted by Crippen LogP contribution is -2.41. The molecule has 0 radical (unpaired) electrons. The minimum Gasteiger partial charge on any atom is -0.398 e. The Balaban J connectivity index is 2.05. The molecule has 1 fully saturated rings. The molecular formula is C12H16BN3O3. The smallest absolute Gasteiger partial charge is 0.398 e. The van der Waals surface area contributed by atoms with Crippen LogP contribution in [-0.4, -0.2) is 32.9 Å². The summed E-state index contributed by atoms with van der Waals surface area (Å²) in [6.45, 7) is 7.88. The predicted molar refractivity (Wildman–Crippen MR) is 71.5 cm³/mol. The maximum absolute atomic E-state index is 11.9. The van der Waals surface area contributed by atoms with E-state index in [1.165, 1.54) is 4.52 Å². The molecule has 2 aromatic heterocycles. The van der Waals surface area contributed by atoms with Crippen molar-refractivity contribution in [3.8, 4) is 0 Å². The highest BCUT2D eigenvalue weighted by Gasteiger charge is 2.52. The van der Waals surface area contributed by atoms with Gasteiger partial charge in [0, 0.05) is 6.20 Å². The summed E-state index contributed by atoms with van der Waals surface area (Å²) in [4.78, 5) is 14.7. The molecule has 0 amide bonds. The molecule has 0 aromatic carbocycles. The van der Waals surface area contributed by atoms with Crippen LogP contribution in [0.3, 0.4) is 0 Å². The van der Waals surface area contributed by atoms with E-state index in [-0.39, 0.29) is 5.56 Å². The van der Waals surface area contributed by atoms with Crippen molar-refractivity contribution in [2.45, 2.75) is 38.9 Å². The lowest BCUT2D eigenvalue weighted by Gasteiger charge is -2.32. The molecule has 19 heavy (non-hydrogen) atoms. The standard InChI is InChI=1S/C12H16BN3O3/c1-11(2)12(3,4)19-13(18-11)9-7-16-8(5-6-14-16)10(17)15-9/h5-7H,1-4H3,(H,15,17). The highest BCUT2D eigenvalue weighted by Crippen LogP contribution is 2.36. The van der Waals surface area contributed by atoms with Crippen molar-refractivity contribution in [2.75, 3.05) is 0 Å². The number of aromatic amines is 1. The SMILES string of the molecule is CC1(C)OB(c2cn3nccc3c(=O)[nH]2)OC1(C)C. The number of aromatic nitrogens is 3. The maximum Gasteiger partial charge on any atom is 0.513 e. The summed E-state index contributed by atoms with van der Waals surface area (Å²) in [6, 6.07) is 1.66. The Bertz CT molecular complexity index is 673. The van der Waals surface area contributed by atoms with Gasteiger partial charge in [0.05, 0.1) is 23.0 Å². The predicted octanol–water partition coefficient (Wildman–Crippen LogP) is 0.322. The van der Waals surface area contributed by atoms with E-state index < -0.39 is 18.3 Å². The fourth-order valence-electron chi connectivity index (χ4n) is 2.05. The molecule has 6 nitrogen and oxygen atoms in total. The molecule has 0 bridgehead atoms. The Hall–Kier alpha value is -1.60. The number of fused-ring (bicyclic) bond motifs is 1. The fourth-order valence-corrected chi connectivity index (χ4v) is 2.05. The maximum atomic E-state index is 11.9. The minimum atomic E-state index is -0.591. The van der Waals surface area contributed by atoms with E-state index >= 15 is 0 Å².